The summed E-state index contributed by atoms with van der Waals surface area (Å²) in [6, 6.07) is 0. The molecule has 0 fully saturated rings. The lowest BCUT2D eigenvalue weighted by Crippen LogP contribution is -2.49. The van der Waals surface area contributed by atoms with Gasteiger partial charge in [0.05, 0.1) is 0 Å². The van der Waals surface area contributed by atoms with Gasteiger partial charge in [0.25, 0.3) is 0 Å². The van der Waals surface area contributed by atoms with Gasteiger partial charge in [-0.1, -0.05) is 13.8 Å². The molecule has 0 aliphatic heterocycles. The Bertz CT molecular complexity index is 170. The normalized spacial score (nSPS) is 11.4. The molecule has 0 heterocycles. The zero-order valence-corrected chi connectivity index (χ0v) is 10.2. The lowest BCUT2D eigenvalue weighted by Gasteiger charge is -2.26. The molecule has 0 saturated heterocycles. The van der Waals surface area contributed by atoms with Crippen molar-refractivity contribution in [3.05, 3.63) is 0 Å². The maximum absolute atomic E-state index is 11.3. The lowest BCUT2D eigenvalue weighted by molar-refractivity contribution is -0.120. The molecule has 1 amide bonds. The number of amides is 1. The first-order valence-electron chi connectivity index (χ1n) is 5.12. The van der Waals surface area contributed by atoms with Crippen LogP contribution in [0.1, 0.15) is 33.1 Å². The smallest absolute Gasteiger partial charge is 0.220 e. The first-order valence-corrected chi connectivity index (χ1v) is 6.52. The number of carbonyl (C=O) groups is 1. The molecule has 0 aliphatic rings. The second-order valence-corrected chi connectivity index (χ2v) is 4.57. The highest BCUT2D eigenvalue weighted by Crippen LogP contribution is 2.09. The minimum atomic E-state index is -0.227. The van der Waals surface area contributed by atoms with Crippen molar-refractivity contribution in [3.63, 3.8) is 0 Å². The van der Waals surface area contributed by atoms with Crippen molar-refractivity contribution in [1.82, 2.24) is 5.32 Å². The fraction of sp³-hybridized carbons (Fsp3) is 0.900. The van der Waals surface area contributed by atoms with Crippen LogP contribution < -0.4 is 11.1 Å². The Hall–Kier alpha value is -0.220. The fourth-order valence-corrected chi connectivity index (χ4v) is 1.45. The molecular weight excluding hydrogens is 196 g/mol. The molecule has 3 N–H and O–H groups in total. The van der Waals surface area contributed by atoms with Gasteiger partial charge in [-0.2, -0.15) is 11.8 Å². The van der Waals surface area contributed by atoms with Gasteiger partial charge in [-0.25, -0.2) is 0 Å². The minimum absolute atomic E-state index is 0.107. The summed E-state index contributed by atoms with van der Waals surface area (Å²) in [5.41, 5.74) is 5.83. The summed E-state index contributed by atoms with van der Waals surface area (Å²) in [4.78, 5) is 11.3. The average Bonchev–Trinajstić information content (AvgIpc) is 2.23. The van der Waals surface area contributed by atoms with Crippen molar-refractivity contribution in [1.29, 1.82) is 0 Å². The van der Waals surface area contributed by atoms with E-state index in [0.717, 1.165) is 18.6 Å². The monoisotopic (exact) mass is 218 g/mol. The highest BCUT2D eigenvalue weighted by atomic mass is 32.2. The van der Waals surface area contributed by atoms with E-state index in [4.69, 9.17) is 5.73 Å². The standard InChI is InChI=1S/C10H22N2OS/c1-4-10(11,5-2)8-12-9(13)6-7-14-3/h4-8,11H2,1-3H3,(H,12,13). The molecule has 0 aliphatic carbocycles. The number of hydrogen-bond donors (Lipinski definition) is 2. The zero-order chi connectivity index (χ0) is 11.0. The van der Waals surface area contributed by atoms with Crippen molar-refractivity contribution in [3.8, 4) is 0 Å². The number of nitrogens with two attached hydrogens (primary N) is 1. The Morgan fingerprint density at radius 1 is 1.43 bits per heavy atom. The van der Waals surface area contributed by atoms with Crippen molar-refractivity contribution >= 4 is 17.7 Å². The van der Waals surface area contributed by atoms with Gasteiger partial charge in [0, 0.05) is 24.3 Å². The molecule has 0 atom stereocenters. The summed E-state index contributed by atoms with van der Waals surface area (Å²) < 4.78 is 0. The Labute approximate surface area is 91.2 Å². The first-order chi connectivity index (χ1) is 6.58. The van der Waals surface area contributed by atoms with Crippen LogP contribution in [0.3, 0.4) is 0 Å². The second-order valence-electron chi connectivity index (χ2n) is 3.59. The predicted molar refractivity (Wildman–Crippen MR) is 63.5 cm³/mol. The van der Waals surface area contributed by atoms with Crippen LogP contribution in [0, 0.1) is 0 Å². The lowest BCUT2D eigenvalue weighted by atomic mass is 9.94. The van der Waals surface area contributed by atoms with Crippen LogP contribution in [-0.2, 0) is 4.79 Å². The van der Waals surface area contributed by atoms with Gasteiger partial charge in [0.2, 0.25) is 5.91 Å². The van der Waals surface area contributed by atoms with E-state index in [0.29, 0.717) is 13.0 Å². The van der Waals surface area contributed by atoms with Gasteiger partial charge in [-0.05, 0) is 19.1 Å². The zero-order valence-electron chi connectivity index (χ0n) is 9.43. The van der Waals surface area contributed by atoms with Crippen molar-refractivity contribution in [2.45, 2.75) is 38.6 Å². The highest BCUT2D eigenvalue weighted by molar-refractivity contribution is 7.98. The van der Waals surface area contributed by atoms with Gasteiger partial charge >= 0.3 is 0 Å². The number of hydrogen-bond acceptors (Lipinski definition) is 3. The van der Waals surface area contributed by atoms with Gasteiger partial charge < -0.3 is 11.1 Å². The minimum Gasteiger partial charge on any atom is -0.354 e. The fourth-order valence-electron chi connectivity index (χ4n) is 1.06. The molecule has 4 heteroatoms. The summed E-state index contributed by atoms with van der Waals surface area (Å²) in [7, 11) is 0. The van der Waals surface area contributed by atoms with Crippen LogP contribution in [0.15, 0.2) is 0 Å². The van der Waals surface area contributed by atoms with Gasteiger partial charge in [0.15, 0.2) is 0 Å². The molecule has 3 nitrogen and oxygen atoms in total. The maximum atomic E-state index is 11.3. The van der Waals surface area contributed by atoms with E-state index in [1.807, 2.05) is 6.26 Å². The molecule has 0 aromatic rings. The van der Waals surface area contributed by atoms with E-state index in [9.17, 15) is 4.79 Å². The van der Waals surface area contributed by atoms with E-state index in [1.54, 1.807) is 11.8 Å². The SMILES string of the molecule is CCC(N)(CC)CNC(=O)CCSC. The summed E-state index contributed by atoms with van der Waals surface area (Å²) in [6.07, 6.45) is 4.38. The number of rotatable bonds is 7. The van der Waals surface area contributed by atoms with Crippen molar-refractivity contribution in [2.75, 3.05) is 18.6 Å². The third-order valence-electron chi connectivity index (χ3n) is 2.58. The topological polar surface area (TPSA) is 55.1 Å². The quantitative estimate of drug-likeness (QED) is 0.678. The third-order valence-corrected chi connectivity index (χ3v) is 3.19. The van der Waals surface area contributed by atoms with E-state index in [1.165, 1.54) is 0 Å². The molecule has 0 saturated carbocycles. The average molecular weight is 218 g/mol. The van der Waals surface area contributed by atoms with Gasteiger partial charge in [-0.15, -0.1) is 0 Å². The van der Waals surface area contributed by atoms with E-state index < -0.39 is 0 Å². The molecule has 0 radical (unpaired) electrons. The van der Waals surface area contributed by atoms with Crippen LogP contribution in [0.4, 0.5) is 0 Å². The molecule has 0 bridgehead atoms. The molecule has 0 aromatic carbocycles. The van der Waals surface area contributed by atoms with Crippen LogP contribution in [0.2, 0.25) is 0 Å². The molecule has 0 spiro atoms. The Morgan fingerprint density at radius 2 is 2.00 bits per heavy atom. The molecule has 14 heavy (non-hydrogen) atoms. The van der Waals surface area contributed by atoms with Crippen LogP contribution in [0.25, 0.3) is 0 Å². The van der Waals surface area contributed by atoms with Gasteiger partial charge in [-0.3, -0.25) is 4.79 Å². The van der Waals surface area contributed by atoms with Crippen LogP contribution in [0.5, 0.6) is 0 Å². The van der Waals surface area contributed by atoms with Gasteiger partial charge in [0.1, 0.15) is 0 Å². The second kappa shape index (κ2) is 7.12. The van der Waals surface area contributed by atoms with E-state index in [-0.39, 0.29) is 11.4 Å². The highest BCUT2D eigenvalue weighted by Gasteiger charge is 2.20. The van der Waals surface area contributed by atoms with Crippen LogP contribution >= 0.6 is 11.8 Å². The summed E-state index contributed by atoms with van der Waals surface area (Å²) in [5, 5.41) is 2.88. The largest absolute Gasteiger partial charge is 0.354 e. The molecule has 84 valence electrons. The summed E-state index contributed by atoms with van der Waals surface area (Å²) in [5.74, 6) is 0.984. The third kappa shape index (κ3) is 5.50. The molecule has 0 aromatic heterocycles. The van der Waals surface area contributed by atoms with E-state index in [2.05, 4.69) is 19.2 Å². The van der Waals surface area contributed by atoms with Crippen molar-refractivity contribution in [2.24, 2.45) is 5.73 Å². The molecular formula is C10H22N2OS. The molecule has 0 unspecified atom stereocenters. The summed E-state index contributed by atoms with van der Waals surface area (Å²) in [6.45, 7) is 4.70. The van der Waals surface area contributed by atoms with E-state index >= 15 is 0 Å². The number of carbonyl (C=O) groups excluding carboxylic acids is 1. The van der Waals surface area contributed by atoms with Crippen molar-refractivity contribution < 1.29 is 4.79 Å². The molecule has 0 rings (SSSR count). The van der Waals surface area contributed by atoms with Crippen LogP contribution in [-0.4, -0.2) is 30.0 Å². The predicted octanol–water partition coefficient (Wildman–Crippen LogP) is 1.37. The number of thioether (sulfide) groups is 1. The number of nitrogens with one attached hydrogen (secondary N) is 1. The Morgan fingerprint density at radius 3 is 2.43 bits per heavy atom. The Kier molecular flexibility index (Phi) is 7.01. The summed E-state index contributed by atoms with van der Waals surface area (Å²) >= 11 is 1.68. The Balaban J connectivity index is 3.74. The maximum Gasteiger partial charge on any atom is 0.220 e. The first kappa shape index (κ1) is 13.8.